The number of benzene rings is 1. The van der Waals surface area contributed by atoms with Crippen LogP contribution < -0.4 is 10.6 Å². The van der Waals surface area contributed by atoms with E-state index in [4.69, 9.17) is 0 Å². The molecule has 1 aromatic carbocycles. The number of nitrogens with zero attached hydrogens (tertiary/aromatic N) is 3. The van der Waals surface area contributed by atoms with Gasteiger partial charge in [-0.3, -0.25) is 4.98 Å². The molecule has 0 saturated heterocycles. The van der Waals surface area contributed by atoms with Gasteiger partial charge in [0.2, 0.25) is 5.95 Å². The van der Waals surface area contributed by atoms with Crippen LogP contribution in [0.25, 0.3) is 0 Å². The van der Waals surface area contributed by atoms with Gasteiger partial charge < -0.3 is 10.6 Å². The van der Waals surface area contributed by atoms with E-state index in [1.807, 2.05) is 61.8 Å². The molecular formula is C17H17N5. The van der Waals surface area contributed by atoms with Crippen molar-refractivity contribution < 1.29 is 0 Å². The van der Waals surface area contributed by atoms with Crippen LogP contribution in [0.4, 0.5) is 17.5 Å². The first-order valence-corrected chi connectivity index (χ1v) is 7.10. The topological polar surface area (TPSA) is 62.7 Å². The summed E-state index contributed by atoms with van der Waals surface area (Å²) in [6.45, 7) is 2.62. The zero-order chi connectivity index (χ0) is 15.2. The summed E-state index contributed by atoms with van der Waals surface area (Å²) in [5.41, 5.74) is 3.09. The quantitative estimate of drug-likeness (QED) is 0.753. The highest BCUT2D eigenvalue weighted by molar-refractivity contribution is 5.59. The molecule has 22 heavy (non-hydrogen) atoms. The lowest BCUT2D eigenvalue weighted by Gasteiger charge is -2.11. The van der Waals surface area contributed by atoms with E-state index in [0.717, 1.165) is 22.6 Å². The predicted molar refractivity (Wildman–Crippen MR) is 88.1 cm³/mol. The maximum absolute atomic E-state index is 4.53. The molecule has 0 aliphatic heterocycles. The van der Waals surface area contributed by atoms with Crippen molar-refractivity contribution in [3.8, 4) is 0 Å². The van der Waals surface area contributed by atoms with Gasteiger partial charge in [-0.25, -0.2) is 4.98 Å². The molecule has 5 nitrogen and oxygen atoms in total. The van der Waals surface area contributed by atoms with Gasteiger partial charge in [0.05, 0.1) is 0 Å². The minimum atomic E-state index is 0.591. The average molecular weight is 291 g/mol. The van der Waals surface area contributed by atoms with Crippen molar-refractivity contribution in [3.63, 3.8) is 0 Å². The van der Waals surface area contributed by atoms with Crippen molar-refractivity contribution in [2.75, 3.05) is 10.6 Å². The normalized spacial score (nSPS) is 10.2. The Morgan fingerprint density at radius 1 is 1.00 bits per heavy atom. The lowest BCUT2D eigenvalue weighted by molar-refractivity contribution is 1.03. The second kappa shape index (κ2) is 6.67. The highest BCUT2D eigenvalue weighted by Crippen LogP contribution is 2.18. The van der Waals surface area contributed by atoms with Crippen molar-refractivity contribution in [1.29, 1.82) is 0 Å². The van der Waals surface area contributed by atoms with Crippen molar-refractivity contribution in [3.05, 3.63) is 72.2 Å². The first-order chi connectivity index (χ1) is 10.8. The number of aromatic nitrogens is 3. The molecule has 0 bridgehead atoms. The highest BCUT2D eigenvalue weighted by atomic mass is 15.1. The molecule has 3 rings (SSSR count). The third-order valence-corrected chi connectivity index (χ3v) is 3.18. The minimum absolute atomic E-state index is 0.591. The zero-order valence-corrected chi connectivity index (χ0v) is 12.3. The molecule has 0 fully saturated rings. The molecule has 0 aliphatic carbocycles. The standard InChI is InChI=1S/C17H17N5/c1-13-10-19-17(20-12-14-6-5-9-18-11-14)22-16(13)21-15-7-3-2-4-8-15/h2-11H,12H2,1H3,(H2,19,20,21,22). The SMILES string of the molecule is Cc1cnc(NCc2cccnc2)nc1Nc1ccccc1. The molecule has 110 valence electrons. The van der Waals surface area contributed by atoms with Gasteiger partial charge in [0.1, 0.15) is 5.82 Å². The van der Waals surface area contributed by atoms with Crippen molar-refractivity contribution in [1.82, 2.24) is 15.0 Å². The van der Waals surface area contributed by atoms with Crippen LogP contribution in [-0.4, -0.2) is 15.0 Å². The molecule has 2 N–H and O–H groups in total. The number of pyridine rings is 1. The summed E-state index contributed by atoms with van der Waals surface area (Å²) in [7, 11) is 0. The fourth-order valence-electron chi connectivity index (χ4n) is 2.00. The Morgan fingerprint density at radius 3 is 2.64 bits per heavy atom. The molecule has 2 aromatic heterocycles. The number of para-hydroxylation sites is 1. The maximum Gasteiger partial charge on any atom is 0.224 e. The first-order valence-electron chi connectivity index (χ1n) is 7.10. The summed E-state index contributed by atoms with van der Waals surface area (Å²) in [5, 5.41) is 6.52. The summed E-state index contributed by atoms with van der Waals surface area (Å²) in [6, 6.07) is 13.9. The highest BCUT2D eigenvalue weighted by Gasteiger charge is 2.04. The Kier molecular flexibility index (Phi) is 4.25. The Balaban J connectivity index is 1.72. The number of rotatable bonds is 5. The van der Waals surface area contributed by atoms with E-state index in [1.54, 1.807) is 6.20 Å². The van der Waals surface area contributed by atoms with E-state index in [0.29, 0.717) is 12.5 Å². The van der Waals surface area contributed by atoms with Gasteiger partial charge in [0.15, 0.2) is 0 Å². The summed E-state index contributed by atoms with van der Waals surface area (Å²) in [4.78, 5) is 12.9. The van der Waals surface area contributed by atoms with E-state index in [9.17, 15) is 0 Å². The third kappa shape index (κ3) is 3.58. The Morgan fingerprint density at radius 2 is 1.86 bits per heavy atom. The van der Waals surface area contributed by atoms with Crippen LogP contribution in [0.2, 0.25) is 0 Å². The van der Waals surface area contributed by atoms with Crippen LogP contribution in [0.5, 0.6) is 0 Å². The molecule has 0 unspecified atom stereocenters. The van der Waals surface area contributed by atoms with E-state index >= 15 is 0 Å². The molecule has 2 heterocycles. The van der Waals surface area contributed by atoms with Gasteiger partial charge in [0.25, 0.3) is 0 Å². The summed E-state index contributed by atoms with van der Waals surface area (Å²) in [6.07, 6.45) is 5.39. The molecule has 0 saturated carbocycles. The van der Waals surface area contributed by atoms with Gasteiger partial charge in [-0.2, -0.15) is 4.98 Å². The van der Waals surface area contributed by atoms with E-state index in [2.05, 4.69) is 25.6 Å². The largest absolute Gasteiger partial charge is 0.350 e. The Bertz CT molecular complexity index is 729. The van der Waals surface area contributed by atoms with Crippen LogP contribution in [0.3, 0.4) is 0 Å². The van der Waals surface area contributed by atoms with E-state index < -0.39 is 0 Å². The van der Waals surface area contributed by atoms with Crippen LogP contribution in [0, 0.1) is 6.92 Å². The number of nitrogens with one attached hydrogen (secondary N) is 2. The smallest absolute Gasteiger partial charge is 0.224 e. The summed E-state index contributed by atoms with van der Waals surface area (Å²) < 4.78 is 0. The average Bonchev–Trinajstić information content (AvgIpc) is 2.57. The van der Waals surface area contributed by atoms with Gasteiger partial charge in [-0.1, -0.05) is 24.3 Å². The fraction of sp³-hybridized carbons (Fsp3) is 0.118. The zero-order valence-electron chi connectivity index (χ0n) is 12.3. The van der Waals surface area contributed by atoms with E-state index in [1.165, 1.54) is 0 Å². The maximum atomic E-state index is 4.53. The molecule has 5 heteroatoms. The van der Waals surface area contributed by atoms with Crippen molar-refractivity contribution >= 4 is 17.5 Å². The Hall–Kier alpha value is -2.95. The molecular weight excluding hydrogens is 274 g/mol. The lowest BCUT2D eigenvalue weighted by atomic mass is 10.3. The molecule has 0 atom stereocenters. The summed E-state index contributed by atoms with van der Waals surface area (Å²) in [5.74, 6) is 1.39. The predicted octanol–water partition coefficient (Wildman–Crippen LogP) is 3.54. The number of hydrogen-bond donors (Lipinski definition) is 2. The molecule has 0 radical (unpaired) electrons. The monoisotopic (exact) mass is 291 g/mol. The van der Waals surface area contributed by atoms with Crippen LogP contribution in [0.15, 0.2) is 61.1 Å². The second-order valence-corrected chi connectivity index (χ2v) is 4.93. The molecule has 0 aliphatic rings. The van der Waals surface area contributed by atoms with Crippen LogP contribution in [-0.2, 0) is 6.54 Å². The van der Waals surface area contributed by atoms with Gasteiger partial charge >= 0.3 is 0 Å². The minimum Gasteiger partial charge on any atom is -0.350 e. The fourth-order valence-corrected chi connectivity index (χ4v) is 2.00. The van der Waals surface area contributed by atoms with Crippen LogP contribution in [0.1, 0.15) is 11.1 Å². The Labute approximate surface area is 129 Å². The van der Waals surface area contributed by atoms with Gasteiger partial charge in [-0.15, -0.1) is 0 Å². The molecule has 0 spiro atoms. The van der Waals surface area contributed by atoms with Gasteiger partial charge in [-0.05, 0) is 30.7 Å². The van der Waals surface area contributed by atoms with E-state index in [-0.39, 0.29) is 0 Å². The number of anilines is 3. The third-order valence-electron chi connectivity index (χ3n) is 3.18. The first kappa shape index (κ1) is 14.0. The van der Waals surface area contributed by atoms with Crippen molar-refractivity contribution in [2.24, 2.45) is 0 Å². The van der Waals surface area contributed by atoms with Gasteiger partial charge in [0, 0.05) is 36.4 Å². The van der Waals surface area contributed by atoms with Crippen molar-refractivity contribution in [2.45, 2.75) is 13.5 Å². The molecule has 0 amide bonds. The molecule has 3 aromatic rings. The lowest BCUT2D eigenvalue weighted by Crippen LogP contribution is -2.06. The second-order valence-electron chi connectivity index (χ2n) is 4.93. The number of hydrogen-bond acceptors (Lipinski definition) is 5. The summed E-state index contributed by atoms with van der Waals surface area (Å²) >= 11 is 0. The van der Waals surface area contributed by atoms with Crippen LogP contribution >= 0.6 is 0 Å². The number of aryl methyl sites for hydroxylation is 1.